The van der Waals surface area contributed by atoms with Crippen LogP contribution < -0.4 is 0 Å². The first kappa shape index (κ1) is 14.6. The second-order valence-electron chi connectivity index (χ2n) is 6.01. The van der Waals surface area contributed by atoms with Gasteiger partial charge in [-0.15, -0.1) is 0 Å². The van der Waals surface area contributed by atoms with Crippen molar-refractivity contribution in [3.63, 3.8) is 0 Å². The monoisotopic (exact) mass is 304 g/mol. The van der Waals surface area contributed by atoms with Crippen LogP contribution in [-0.4, -0.2) is 25.3 Å². The fourth-order valence-electron chi connectivity index (χ4n) is 3.71. The number of hydrogen-bond donors (Lipinski definition) is 0. The highest BCUT2D eigenvalue weighted by atomic mass is 32.2. The standard InChI is InChI=1S/C16H20N2O2S/c17-12-13-7-9-15(10-8-13)21(19,20)18-11-3-6-16(18)14-4-1-2-5-14/h7-10,14,16H,1-6,11H2. The Morgan fingerprint density at radius 2 is 1.71 bits per heavy atom. The van der Waals surface area contributed by atoms with Crippen LogP contribution in [0.15, 0.2) is 29.2 Å². The summed E-state index contributed by atoms with van der Waals surface area (Å²) >= 11 is 0. The van der Waals surface area contributed by atoms with Crippen molar-refractivity contribution in [2.45, 2.75) is 49.5 Å². The van der Waals surface area contributed by atoms with Crippen molar-refractivity contribution < 1.29 is 8.42 Å². The molecule has 0 N–H and O–H groups in total. The van der Waals surface area contributed by atoms with Crippen molar-refractivity contribution in [2.75, 3.05) is 6.54 Å². The number of rotatable bonds is 3. The Morgan fingerprint density at radius 1 is 1.05 bits per heavy atom. The molecular formula is C16H20N2O2S. The molecule has 1 atom stereocenters. The highest BCUT2D eigenvalue weighted by molar-refractivity contribution is 7.89. The van der Waals surface area contributed by atoms with Gasteiger partial charge in [-0.25, -0.2) is 8.42 Å². The molecule has 0 bridgehead atoms. The molecule has 1 unspecified atom stereocenters. The lowest BCUT2D eigenvalue weighted by atomic mass is 9.97. The number of hydrogen-bond acceptors (Lipinski definition) is 3. The summed E-state index contributed by atoms with van der Waals surface area (Å²) < 4.78 is 27.4. The van der Waals surface area contributed by atoms with E-state index in [-0.39, 0.29) is 6.04 Å². The third kappa shape index (κ3) is 2.70. The molecule has 112 valence electrons. The van der Waals surface area contributed by atoms with Gasteiger partial charge in [-0.1, -0.05) is 12.8 Å². The zero-order valence-corrected chi connectivity index (χ0v) is 12.8. The molecule has 0 amide bonds. The first-order valence-corrected chi connectivity index (χ1v) is 9.09. The second kappa shape index (κ2) is 5.78. The number of benzene rings is 1. The summed E-state index contributed by atoms with van der Waals surface area (Å²) in [4.78, 5) is 0.311. The first-order valence-electron chi connectivity index (χ1n) is 7.65. The van der Waals surface area contributed by atoms with Crippen molar-refractivity contribution in [1.29, 1.82) is 5.26 Å². The fourth-order valence-corrected chi connectivity index (χ4v) is 5.47. The molecule has 1 saturated carbocycles. The molecule has 5 heteroatoms. The summed E-state index contributed by atoms with van der Waals surface area (Å²) in [7, 11) is -3.43. The predicted molar refractivity (Wildman–Crippen MR) is 80.0 cm³/mol. The van der Waals surface area contributed by atoms with Crippen molar-refractivity contribution in [1.82, 2.24) is 4.31 Å². The van der Waals surface area contributed by atoms with Crippen LogP contribution in [0.2, 0.25) is 0 Å². The molecule has 21 heavy (non-hydrogen) atoms. The molecule has 1 heterocycles. The molecule has 2 aliphatic rings. The molecule has 3 rings (SSSR count). The Kier molecular flexibility index (Phi) is 4.01. The van der Waals surface area contributed by atoms with Gasteiger partial charge in [0.2, 0.25) is 10.0 Å². The molecule has 0 aromatic heterocycles. The Balaban J connectivity index is 1.87. The highest BCUT2D eigenvalue weighted by Gasteiger charge is 2.40. The predicted octanol–water partition coefficient (Wildman–Crippen LogP) is 2.90. The molecule has 0 spiro atoms. The van der Waals surface area contributed by atoms with Crippen molar-refractivity contribution in [2.24, 2.45) is 5.92 Å². The maximum Gasteiger partial charge on any atom is 0.243 e. The minimum atomic E-state index is -3.43. The van der Waals surface area contributed by atoms with E-state index in [0.29, 0.717) is 22.9 Å². The van der Waals surface area contributed by atoms with E-state index >= 15 is 0 Å². The van der Waals surface area contributed by atoms with Crippen LogP contribution in [0.4, 0.5) is 0 Å². The van der Waals surface area contributed by atoms with Gasteiger partial charge in [-0.3, -0.25) is 0 Å². The highest BCUT2D eigenvalue weighted by Crippen LogP contribution is 2.37. The average Bonchev–Trinajstić information content (AvgIpc) is 3.17. The molecule has 1 aromatic rings. The topological polar surface area (TPSA) is 61.2 Å². The number of nitrogens with zero attached hydrogens (tertiary/aromatic N) is 2. The van der Waals surface area contributed by atoms with Gasteiger partial charge in [0.25, 0.3) is 0 Å². The van der Waals surface area contributed by atoms with Crippen LogP contribution >= 0.6 is 0 Å². The molecule has 2 fully saturated rings. The lowest BCUT2D eigenvalue weighted by molar-refractivity contribution is 0.288. The first-order chi connectivity index (χ1) is 10.1. The van der Waals surface area contributed by atoms with Gasteiger partial charge in [0.1, 0.15) is 0 Å². The maximum absolute atomic E-state index is 12.8. The van der Waals surface area contributed by atoms with Crippen LogP contribution in [0.3, 0.4) is 0 Å². The Morgan fingerprint density at radius 3 is 2.33 bits per heavy atom. The summed E-state index contributed by atoms with van der Waals surface area (Å²) in [6.07, 6.45) is 6.71. The molecule has 1 aliphatic heterocycles. The van der Waals surface area contributed by atoms with Gasteiger partial charge >= 0.3 is 0 Å². The molecule has 0 radical (unpaired) electrons. The Labute approximate surface area is 126 Å². The van der Waals surface area contributed by atoms with Crippen LogP contribution in [0.5, 0.6) is 0 Å². The van der Waals surface area contributed by atoms with Gasteiger partial charge in [-0.2, -0.15) is 9.57 Å². The molecule has 1 aliphatic carbocycles. The van der Waals surface area contributed by atoms with E-state index in [0.717, 1.165) is 25.7 Å². The van der Waals surface area contributed by atoms with Gasteiger partial charge in [0, 0.05) is 12.6 Å². The van der Waals surface area contributed by atoms with Crippen LogP contribution in [-0.2, 0) is 10.0 Å². The van der Waals surface area contributed by atoms with Crippen molar-refractivity contribution >= 4 is 10.0 Å². The minimum Gasteiger partial charge on any atom is -0.207 e. The van der Waals surface area contributed by atoms with Gasteiger partial charge in [0.05, 0.1) is 16.5 Å². The lowest BCUT2D eigenvalue weighted by Crippen LogP contribution is -2.39. The van der Waals surface area contributed by atoms with Gasteiger partial charge in [0.15, 0.2) is 0 Å². The molecule has 4 nitrogen and oxygen atoms in total. The van der Waals surface area contributed by atoms with E-state index in [1.54, 1.807) is 28.6 Å². The summed E-state index contributed by atoms with van der Waals surface area (Å²) in [6, 6.07) is 8.46. The Bertz CT molecular complexity index is 640. The fraction of sp³-hybridized carbons (Fsp3) is 0.562. The summed E-state index contributed by atoms with van der Waals surface area (Å²) in [5.41, 5.74) is 0.489. The largest absolute Gasteiger partial charge is 0.243 e. The molecule has 1 saturated heterocycles. The van der Waals surface area contributed by atoms with Crippen LogP contribution in [0, 0.1) is 17.2 Å². The zero-order valence-electron chi connectivity index (χ0n) is 12.0. The summed E-state index contributed by atoms with van der Waals surface area (Å²) in [6.45, 7) is 0.628. The third-order valence-corrected chi connectivity index (χ3v) is 6.72. The quantitative estimate of drug-likeness (QED) is 0.862. The van der Waals surface area contributed by atoms with E-state index in [4.69, 9.17) is 5.26 Å². The van der Waals surface area contributed by atoms with Crippen molar-refractivity contribution in [3.8, 4) is 6.07 Å². The van der Waals surface area contributed by atoms with Crippen LogP contribution in [0.25, 0.3) is 0 Å². The van der Waals surface area contributed by atoms with E-state index in [1.807, 2.05) is 6.07 Å². The van der Waals surface area contributed by atoms with E-state index in [9.17, 15) is 8.42 Å². The van der Waals surface area contributed by atoms with E-state index in [1.165, 1.54) is 12.8 Å². The molecular weight excluding hydrogens is 284 g/mol. The van der Waals surface area contributed by atoms with Gasteiger partial charge in [-0.05, 0) is 55.9 Å². The second-order valence-corrected chi connectivity index (χ2v) is 7.90. The minimum absolute atomic E-state index is 0.174. The maximum atomic E-state index is 12.8. The van der Waals surface area contributed by atoms with E-state index in [2.05, 4.69) is 0 Å². The Hall–Kier alpha value is -1.38. The van der Waals surface area contributed by atoms with Crippen molar-refractivity contribution in [3.05, 3.63) is 29.8 Å². The average molecular weight is 304 g/mol. The molecule has 1 aromatic carbocycles. The van der Waals surface area contributed by atoms with Crippen LogP contribution in [0.1, 0.15) is 44.1 Å². The number of nitriles is 1. The normalized spacial score (nSPS) is 24.2. The third-order valence-electron chi connectivity index (χ3n) is 4.78. The summed E-state index contributed by atoms with van der Waals surface area (Å²) in [5, 5.41) is 8.82. The smallest absolute Gasteiger partial charge is 0.207 e. The number of sulfonamides is 1. The zero-order chi connectivity index (χ0) is 14.9. The lowest BCUT2D eigenvalue weighted by Gasteiger charge is -2.28. The SMILES string of the molecule is N#Cc1ccc(S(=O)(=O)N2CCCC2C2CCCC2)cc1. The van der Waals surface area contributed by atoms with Gasteiger partial charge < -0.3 is 0 Å². The summed E-state index contributed by atoms with van der Waals surface area (Å²) in [5.74, 6) is 0.528. The van der Waals surface area contributed by atoms with E-state index < -0.39 is 10.0 Å².